The van der Waals surface area contributed by atoms with Gasteiger partial charge in [-0.15, -0.1) is 0 Å². The molecule has 4 heteroatoms. The van der Waals surface area contributed by atoms with Crippen molar-refractivity contribution in [2.24, 2.45) is 11.5 Å². The lowest BCUT2D eigenvalue weighted by molar-refractivity contribution is -0.123. The minimum absolute atomic E-state index is 0.231. The molecule has 0 unspecified atom stereocenters. The number of hydrogen-bond acceptors (Lipinski definition) is 2. The van der Waals surface area contributed by atoms with Gasteiger partial charge < -0.3 is 11.5 Å². The van der Waals surface area contributed by atoms with Crippen molar-refractivity contribution in [1.82, 2.24) is 0 Å². The zero-order chi connectivity index (χ0) is 19.2. The molecule has 2 aromatic carbocycles. The molecule has 0 aliphatic heterocycles. The van der Waals surface area contributed by atoms with Crippen molar-refractivity contribution in [3.05, 3.63) is 70.8 Å². The van der Waals surface area contributed by atoms with Crippen molar-refractivity contribution in [1.29, 1.82) is 0 Å². The van der Waals surface area contributed by atoms with Crippen LogP contribution < -0.4 is 11.5 Å². The summed E-state index contributed by atoms with van der Waals surface area (Å²) < 4.78 is 0. The molecule has 2 aromatic rings. The Labute approximate surface area is 155 Å². The average Bonchev–Trinajstić information content (AvgIpc) is 2.65. The Morgan fingerprint density at radius 2 is 1.23 bits per heavy atom. The van der Waals surface area contributed by atoms with E-state index in [1.54, 1.807) is 0 Å². The monoisotopic (exact) mass is 352 g/mol. The Bertz CT molecular complexity index is 701. The van der Waals surface area contributed by atoms with Crippen LogP contribution in [0.3, 0.4) is 0 Å². The topological polar surface area (TPSA) is 86.2 Å². The number of primary amides is 2. The summed E-state index contributed by atoms with van der Waals surface area (Å²) in [5.74, 6) is -0.776. The summed E-state index contributed by atoms with van der Waals surface area (Å²) in [4.78, 5) is 23.9. The van der Waals surface area contributed by atoms with Gasteiger partial charge in [-0.1, -0.05) is 62.4 Å². The minimum atomic E-state index is -0.964. The first kappa shape index (κ1) is 19.7. The number of rotatable bonds is 9. The number of nitrogens with two attached hydrogens (primary N) is 2. The Hall–Kier alpha value is -2.62. The SMILES string of the molecule is CCc1ccc(C(CCCC(N)=O)(C(N)=O)c2ccc(CC)cc2)cc1. The smallest absolute Gasteiger partial charge is 0.232 e. The predicted molar refractivity (Wildman–Crippen MR) is 105 cm³/mol. The van der Waals surface area contributed by atoms with Gasteiger partial charge >= 0.3 is 0 Å². The van der Waals surface area contributed by atoms with Gasteiger partial charge in [-0.3, -0.25) is 9.59 Å². The maximum atomic E-state index is 12.7. The molecule has 0 aromatic heterocycles. The highest BCUT2D eigenvalue weighted by Gasteiger charge is 2.40. The Morgan fingerprint density at radius 3 is 1.54 bits per heavy atom. The van der Waals surface area contributed by atoms with E-state index in [1.165, 1.54) is 11.1 Å². The van der Waals surface area contributed by atoms with Crippen molar-refractivity contribution in [2.45, 2.75) is 51.4 Å². The number of carbonyl (C=O) groups excluding carboxylic acids is 2. The molecular weight excluding hydrogens is 324 g/mol. The highest BCUT2D eigenvalue weighted by Crippen LogP contribution is 2.37. The second kappa shape index (κ2) is 8.65. The Balaban J connectivity index is 2.54. The largest absolute Gasteiger partial charge is 0.370 e. The lowest BCUT2D eigenvalue weighted by atomic mass is 9.70. The molecule has 0 spiro atoms. The van der Waals surface area contributed by atoms with Crippen LogP contribution >= 0.6 is 0 Å². The van der Waals surface area contributed by atoms with E-state index in [2.05, 4.69) is 13.8 Å². The highest BCUT2D eigenvalue weighted by atomic mass is 16.1. The first-order chi connectivity index (χ1) is 12.4. The van der Waals surface area contributed by atoms with Crippen LogP contribution in [0, 0.1) is 0 Å². The number of benzene rings is 2. The van der Waals surface area contributed by atoms with Crippen LogP contribution in [0.5, 0.6) is 0 Å². The lowest BCUT2D eigenvalue weighted by Gasteiger charge is -2.32. The van der Waals surface area contributed by atoms with Gasteiger partial charge in [-0.25, -0.2) is 0 Å². The first-order valence-corrected chi connectivity index (χ1v) is 9.21. The zero-order valence-electron chi connectivity index (χ0n) is 15.6. The molecule has 2 amide bonds. The van der Waals surface area contributed by atoms with Crippen molar-refractivity contribution < 1.29 is 9.59 Å². The molecule has 0 radical (unpaired) electrons. The van der Waals surface area contributed by atoms with E-state index in [1.807, 2.05) is 48.5 Å². The molecule has 0 aliphatic rings. The van der Waals surface area contributed by atoms with Crippen molar-refractivity contribution >= 4 is 11.8 Å². The van der Waals surface area contributed by atoms with Crippen LogP contribution in [-0.2, 0) is 27.8 Å². The number of carbonyl (C=O) groups is 2. The average molecular weight is 352 g/mol. The molecule has 0 saturated carbocycles. The number of hydrogen-bond donors (Lipinski definition) is 2. The zero-order valence-corrected chi connectivity index (χ0v) is 15.6. The van der Waals surface area contributed by atoms with Gasteiger partial charge in [0.1, 0.15) is 0 Å². The molecular formula is C22H28N2O2. The summed E-state index contributed by atoms with van der Waals surface area (Å²) in [6.45, 7) is 4.18. The molecule has 0 heterocycles. The Kier molecular flexibility index (Phi) is 6.56. The molecule has 26 heavy (non-hydrogen) atoms. The summed E-state index contributed by atoms with van der Waals surface area (Å²) in [6.07, 6.45) is 3.04. The maximum absolute atomic E-state index is 12.7. The molecule has 0 saturated heterocycles. The van der Waals surface area contributed by atoms with Gasteiger partial charge in [0.15, 0.2) is 0 Å². The third-order valence-electron chi connectivity index (χ3n) is 5.11. The number of aryl methyl sites for hydroxylation is 2. The fraction of sp³-hybridized carbons (Fsp3) is 0.364. The number of amides is 2. The standard InChI is InChI=1S/C22H28N2O2/c1-3-16-7-11-18(12-8-16)22(21(24)26,15-5-6-20(23)25)19-13-9-17(4-2)10-14-19/h7-14H,3-6,15H2,1-2H3,(H2,23,25)(H2,24,26). The fourth-order valence-corrected chi connectivity index (χ4v) is 3.44. The van der Waals surface area contributed by atoms with E-state index in [0.717, 1.165) is 24.0 Å². The quantitative estimate of drug-likeness (QED) is 0.726. The van der Waals surface area contributed by atoms with E-state index < -0.39 is 11.3 Å². The third-order valence-corrected chi connectivity index (χ3v) is 5.11. The molecule has 4 N–H and O–H groups in total. The van der Waals surface area contributed by atoms with E-state index >= 15 is 0 Å². The van der Waals surface area contributed by atoms with E-state index in [0.29, 0.717) is 12.8 Å². The molecule has 0 bridgehead atoms. The predicted octanol–water partition coefficient (Wildman–Crippen LogP) is 3.24. The van der Waals surface area contributed by atoms with Crippen molar-refractivity contribution in [3.8, 4) is 0 Å². The Morgan fingerprint density at radius 1 is 0.808 bits per heavy atom. The van der Waals surface area contributed by atoms with Gasteiger partial charge in [0.25, 0.3) is 0 Å². The van der Waals surface area contributed by atoms with Crippen LogP contribution in [0.4, 0.5) is 0 Å². The van der Waals surface area contributed by atoms with Gasteiger partial charge in [0, 0.05) is 6.42 Å². The molecule has 2 rings (SSSR count). The fourth-order valence-electron chi connectivity index (χ4n) is 3.44. The van der Waals surface area contributed by atoms with Crippen LogP contribution in [0.15, 0.2) is 48.5 Å². The van der Waals surface area contributed by atoms with Crippen molar-refractivity contribution in [2.75, 3.05) is 0 Å². The third kappa shape index (κ3) is 4.13. The van der Waals surface area contributed by atoms with Crippen LogP contribution in [-0.4, -0.2) is 11.8 Å². The summed E-state index contributed by atoms with van der Waals surface area (Å²) >= 11 is 0. The molecule has 138 valence electrons. The van der Waals surface area contributed by atoms with Gasteiger partial charge in [-0.05, 0) is 47.9 Å². The molecule has 0 fully saturated rings. The summed E-state index contributed by atoms with van der Waals surface area (Å²) in [5.41, 5.74) is 14.4. The molecule has 0 atom stereocenters. The minimum Gasteiger partial charge on any atom is -0.370 e. The summed E-state index contributed by atoms with van der Waals surface area (Å²) in [7, 11) is 0. The highest BCUT2D eigenvalue weighted by molar-refractivity contribution is 5.91. The second-order valence-corrected chi connectivity index (χ2v) is 6.69. The lowest BCUT2D eigenvalue weighted by Crippen LogP contribution is -2.42. The van der Waals surface area contributed by atoms with Crippen molar-refractivity contribution in [3.63, 3.8) is 0 Å². The molecule has 4 nitrogen and oxygen atoms in total. The van der Waals surface area contributed by atoms with E-state index in [-0.39, 0.29) is 12.3 Å². The van der Waals surface area contributed by atoms with Gasteiger partial charge in [-0.2, -0.15) is 0 Å². The van der Waals surface area contributed by atoms with Gasteiger partial charge in [0.2, 0.25) is 11.8 Å². The molecule has 0 aliphatic carbocycles. The second-order valence-electron chi connectivity index (χ2n) is 6.69. The van der Waals surface area contributed by atoms with E-state index in [4.69, 9.17) is 11.5 Å². The van der Waals surface area contributed by atoms with Crippen LogP contribution in [0.2, 0.25) is 0 Å². The maximum Gasteiger partial charge on any atom is 0.232 e. The summed E-state index contributed by atoms with van der Waals surface area (Å²) in [6, 6.07) is 16.0. The normalized spacial score (nSPS) is 11.3. The van der Waals surface area contributed by atoms with Gasteiger partial charge in [0.05, 0.1) is 5.41 Å². The van der Waals surface area contributed by atoms with Crippen LogP contribution in [0.1, 0.15) is 55.4 Å². The van der Waals surface area contributed by atoms with E-state index in [9.17, 15) is 9.59 Å². The van der Waals surface area contributed by atoms with Crippen LogP contribution in [0.25, 0.3) is 0 Å². The summed E-state index contributed by atoms with van der Waals surface area (Å²) in [5, 5.41) is 0. The first-order valence-electron chi connectivity index (χ1n) is 9.21.